The van der Waals surface area contributed by atoms with Crippen LogP contribution in [0.5, 0.6) is 0 Å². The highest BCUT2D eigenvalue weighted by Gasteiger charge is 2.14. The molecule has 1 aromatic rings. The van der Waals surface area contributed by atoms with Crippen molar-refractivity contribution in [2.24, 2.45) is 5.84 Å². The maximum Gasteiger partial charge on any atom is 0.178 e. The molecule has 0 saturated heterocycles. The number of anilines is 2. The van der Waals surface area contributed by atoms with Gasteiger partial charge in [-0.05, 0) is 27.7 Å². The fourth-order valence-corrected chi connectivity index (χ4v) is 2.11. The second-order valence-electron chi connectivity index (χ2n) is 5.15. The Morgan fingerprint density at radius 1 is 1.15 bits per heavy atom. The van der Waals surface area contributed by atoms with Gasteiger partial charge in [-0.25, -0.2) is 19.6 Å². The highest BCUT2D eigenvalue weighted by Crippen LogP contribution is 2.18. The zero-order chi connectivity index (χ0) is 15.3. The van der Waals surface area contributed by atoms with E-state index in [0.29, 0.717) is 18.6 Å². The Bertz CT molecular complexity index is 429. The van der Waals surface area contributed by atoms with Gasteiger partial charge in [-0.15, -0.1) is 0 Å². The van der Waals surface area contributed by atoms with Crippen LogP contribution in [0, 0.1) is 11.6 Å². The van der Waals surface area contributed by atoms with E-state index in [1.165, 1.54) is 0 Å². The van der Waals surface area contributed by atoms with Crippen molar-refractivity contribution in [1.82, 2.24) is 9.88 Å². The molecule has 1 rings (SSSR count). The average Bonchev–Trinajstić information content (AvgIpc) is 2.35. The Labute approximate surface area is 118 Å². The van der Waals surface area contributed by atoms with Crippen LogP contribution in [0.25, 0.3) is 0 Å². The number of hydrogen-bond acceptors (Lipinski definition) is 5. The number of aromatic nitrogens is 1. The summed E-state index contributed by atoms with van der Waals surface area (Å²) in [5.41, 5.74) is 2.10. The molecule has 0 fully saturated rings. The Balaban J connectivity index is 2.66. The molecular formula is C13H23F2N5. The molecule has 0 aromatic carbocycles. The Morgan fingerprint density at radius 3 is 2.20 bits per heavy atom. The van der Waals surface area contributed by atoms with Crippen LogP contribution in [-0.2, 0) is 0 Å². The van der Waals surface area contributed by atoms with E-state index in [1.807, 2.05) is 0 Å². The predicted octanol–water partition coefficient (Wildman–Crippen LogP) is 2.18. The molecule has 0 atom stereocenters. The number of hydrogen-bond donors (Lipinski definition) is 3. The molecule has 0 aliphatic rings. The monoisotopic (exact) mass is 287 g/mol. The number of nitrogen functional groups attached to an aromatic ring is 1. The van der Waals surface area contributed by atoms with Gasteiger partial charge in [0.1, 0.15) is 0 Å². The van der Waals surface area contributed by atoms with Crippen molar-refractivity contribution in [2.45, 2.75) is 39.8 Å². The molecule has 1 heterocycles. The van der Waals surface area contributed by atoms with Crippen molar-refractivity contribution in [3.63, 3.8) is 0 Å². The first-order valence-electron chi connectivity index (χ1n) is 6.69. The molecule has 0 saturated carbocycles. The van der Waals surface area contributed by atoms with Crippen molar-refractivity contribution in [3.8, 4) is 0 Å². The van der Waals surface area contributed by atoms with Gasteiger partial charge in [-0.3, -0.25) is 4.90 Å². The minimum atomic E-state index is -0.818. The number of halogens is 2. The standard InChI is InChI=1S/C13H23F2N5/c1-8(2)20(9(3)4)6-5-17-12-10(14)7-11(15)13(18-12)19-16/h7-9H,5-6,16H2,1-4H3,(H2,17,18,19). The largest absolute Gasteiger partial charge is 0.366 e. The maximum atomic E-state index is 13.6. The lowest BCUT2D eigenvalue weighted by Crippen LogP contribution is -2.40. The summed E-state index contributed by atoms with van der Waals surface area (Å²) >= 11 is 0. The second-order valence-corrected chi connectivity index (χ2v) is 5.15. The lowest BCUT2D eigenvalue weighted by molar-refractivity contribution is 0.182. The molecule has 0 aliphatic carbocycles. The Hall–Kier alpha value is -1.47. The molecule has 20 heavy (non-hydrogen) atoms. The molecule has 0 radical (unpaired) electrons. The Morgan fingerprint density at radius 2 is 1.70 bits per heavy atom. The minimum absolute atomic E-state index is 0.00758. The van der Waals surface area contributed by atoms with E-state index in [2.05, 4.69) is 48.3 Å². The van der Waals surface area contributed by atoms with E-state index in [0.717, 1.165) is 12.6 Å². The summed E-state index contributed by atoms with van der Waals surface area (Å²) in [6.07, 6.45) is 0. The third kappa shape index (κ3) is 4.28. The smallest absolute Gasteiger partial charge is 0.178 e. The molecule has 0 spiro atoms. The quantitative estimate of drug-likeness (QED) is 0.530. The van der Waals surface area contributed by atoms with Crippen LogP contribution in [0.1, 0.15) is 27.7 Å². The second kappa shape index (κ2) is 7.35. The molecular weight excluding hydrogens is 264 g/mol. The molecule has 0 amide bonds. The van der Waals surface area contributed by atoms with Crippen LogP contribution in [0.2, 0.25) is 0 Å². The van der Waals surface area contributed by atoms with Gasteiger partial charge in [0, 0.05) is 31.2 Å². The first kappa shape index (κ1) is 16.6. The van der Waals surface area contributed by atoms with Gasteiger partial charge in [-0.2, -0.15) is 0 Å². The number of pyridine rings is 1. The van der Waals surface area contributed by atoms with Crippen LogP contribution in [0.3, 0.4) is 0 Å². The van der Waals surface area contributed by atoms with Gasteiger partial charge < -0.3 is 10.7 Å². The van der Waals surface area contributed by atoms with Gasteiger partial charge >= 0.3 is 0 Å². The van der Waals surface area contributed by atoms with Crippen LogP contribution in [0.15, 0.2) is 6.07 Å². The van der Waals surface area contributed by atoms with Crippen LogP contribution in [0.4, 0.5) is 20.4 Å². The van der Waals surface area contributed by atoms with Crippen molar-refractivity contribution in [1.29, 1.82) is 0 Å². The van der Waals surface area contributed by atoms with E-state index in [4.69, 9.17) is 5.84 Å². The molecule has 4 N–H and O–H groups in total. The highest BCUT2D eigenvalue weighted by molar-refractivity contribution is 5.46. The lowest BCUT2D eigenvalue weighted by atomic mass is 10.2. The van der Waals surface area contributed by atoms with E-state index in [-0.39, 0.29) is 11.6 Å². The first-order valence-corrected chi connectivity index (χ1v) is 6.69. The summed E-state index contributed by atoms with van der Waals surface area (Å²) in [7, 11) is 0. The van der Waals surface area contributed by atoms with Crippen molar-refractivity contribution in [2.75, 3.05) is 23.8 Å². The summed E-state index contributed by atoms with van der Waals surface area (Å²) in [6.45, 7) is 9.66. The van der Waals surface area contributed by atoms with Gasteiger partial charge in [0.05, 0.1) is 0 Å². The van der Waals surface area contributed by atoms with Gasteiger partial charge in [0.2, 0.25) is 0 Å². The molecule has 114 valence electrons. The molecule has 0 unspecified atom stereocenters. The van der Waals surface area contributed by atoms with E-state index in [9.17, 15) is 8.78 Å². The van der Waals surface area contributed by atoms with E-state index < -0.39 is 11.6 Å². The number of nitrogens with two attached hydrogens (primary N) is 1. The predicted molar refractivity (Wildman–Crippen MR) is 77.4 cm³/mol. The summed E-state index contributed by atoms with van der Waals surface area (Å²) < 4.78 is 26.8. The third-order valence-corrected chi connectivity index (χ3v) is 3.06. The summed E-state index contributed by atoms with van der Waals surface area (Å²) in [4.78, 5) is 6.02. The summed E-state index contributed by atoms with van der Waals surface area (Å²) in [5, 5.41) is 2.87. The van der Waals surface area contributed by atoms with Crippen molar-refractivity contribution in [3.05, 3.63) is 17.7 Å². The Kier molecular flexibility index (Phi) is 6.09. The van der Waals surface area contributed by atoms with Crippen molar-refractivity contribution >= 4 is 11.6 Å². The van der Waals surface area contributed by atoms with Crippen molar-refractivity contribution < 1.29 is 8.78 Å². The normalized spacial score (nSPS) is 11.5. The summed E-state index contributed by atoms with van der Waals surface area (Å²) in [5.74, 6) is 3.37. The highest BCUT2D eigenvalue weighted by atomic mass is 19.1. The van der Waals surface area contributed by atoms with Gasteiger partial charge in [0.15, 0.2) is 23.3 Å². The van der Waals surface area contributed by atoms with Crippen LogP contribution >= 0.6 is 0 Å². The zero-order valence-corrected chi connectivity index (χ0v) is 12.4. The third-order valence-electron chi connectivity index (χ3n) is 3.06. The van der Waals surface area contributed by atoms with E-state index in [1.54, 1.807) is 0 Å². The topological polar surface area (TPSA) is 66.2 Å². The maximum absolute atomic E-state index is 13.6. The number of hydrazine groups is 1. The van der Waals surface area contributed by atoms with Crippen LogP contribution in [-0.4, -0.2) is 35.1 Å². The van der Waals surface area contributed by atoms with Gasteiger partial charge in [0.25, 0.3) is 0 Å². The molecule has 5 nitrogen and oxygen atoms in total. The van der Waals surface area contributed by atoms with E-state index >= 15 is 0 Å². The minimum Gasteiger partial charge on any atom is -0.366 e. The zero-order valence-electron chi connectivity index (χ0n) is 12.4. The van der Waals surface area contributed by atoms with Gasteiger partial charge in [-0.1, -0.05) is 0 Å². The number of rotatable bonds is 7. The molecule has 1 aromatic heterocycles. The SMILES string of the molecule is CC(C)N(CCNc1nc(NN)c(F)cc1F)C(C)C. The molecule has 7 heteroatoms. The average molecular weight is 287 g/mol. The molecule has 0 bridgehead atoms. The lowest BCUT2D eigenvalue weighted by Gasteiger charge is -2.30. The van der Waals surface area contributed by atoms with Crippen LogP contribution < -0.4 is 16.6 Å². The fourth-order valence-electron chi connectivity index (χ4n) is 2.11. The number of nitrogens with zero attached hydrogens (tertiary/aromatic N) is 2. The fraction of sp³-hybridized carbons (Fsp3) is 0.615. The number of nitrogens with one attached hydrogen (secondary N) is 2. The molecule has 0 aliphatic heterocycles. The first-order chi connectivity index (χ1) is 9.36. The summed E-state index contributed by atoms with van der Waals surface area (Å²) in [6, 6.07) is 1.54.